The van der Waals surface area contributed by atoms with Gasteiger partial charge in [0.2, 0.25) is 5.91 Å². The summed E-state index contributed by atoms with van der Waals surface area (Å²) in [6.07, 6.45) is 5.13. The minimum atomic E-state index is 0.313. The zero-order valence-electron chi connectivity index (χ0n) is 11.5. The van der Waals surface area contributed by atoms with Crippen molar-refractivity contribution in [2.45, 2.75) is 32.2 Å². The van der Waals surface area contributed by atoms with Gasteiger partial charge in [-0.15, -0.1) is 0 Å². The molecule has 102 valence electrons. The molecule has 2 N–H and O–H groups in total. The molecular formula is C16H22N2O. The number of nitrogens with zero attached hydrogens (tertiary/aromatic N) is 1. The van der Waals surface area contributed by atoms with E-state index in [1.165, 1.54) is 25.7 Å². The molecule has 0 aliphatic heterocycles. The number of carbonyl (C=O) groups is 1. The highest BCUT2D eigenvalue weighted by Crippen LogP contribution is 2.56. The van der Waals surface area contributed by atoms with Crippen molar-refractivity contribution in [3.05, 3.63) is 29.8 Å². The summed E-state index contributed by atoms with van der Waals surface area (Å²) in [7, 11) is 1.91. The summed E-state index contributed by atoms with van der Waals surface area (Å²) in [4.78, 5) is 14.3. The van der Waals surface area contributed by atoms with E-state index in [1.54, 1.807) is 0 Å². The van der Waals surface area contributed by atoms with Gasteiger partial charge in [0.1, 0.15) is 0 Å². The second-order valence-corrected chi connectivity index (χ2v) is 6.08. The van der Waals surface area contributed by atoms with Gasteiger partial charge in [-0.2, -0.15) is 0 Å². The molecule has 2 aliphatic rings. The minimum Gasteiger partial charge on any atom is -0.399 e. The van der Waals surface area contributed by atoms with Crippen LogP contribution in [0.4, 0.5) is 5.69 Å². The predicted octanol–water partition coefficient (Wildman–Crippen LogP) is 2.66. The Morgan fingerprint density at radius 2 is 2.00 bits per heavy atom. The number of hydrogen-bond donors (Lipinski definition) is 1. The zero-order chi connectivity index (χ0) is 13.4. The van der Waals surface area contributed by atoms with Crippen LogP contribution in [-0.2, 0) is 11.3 Å². The number of anilines is 1. The third-order valence-electron chi connectivity index (χ3n) is 4.69. The van der Waals surface area contributed by atoms with Crippen LogP contribution in [0.2, 0.25) is 0 Å². The second kappa shape index (κ2) is 4.87. The van der Waals surface area contributed by atoms with Crippen LogP contribution in [0.5, 0.6) is 0 Å². The summed E-state index contributed by atoms with van der Waals surface area (Å²) in [5.41, 5.74) is 7.65. The van der Waals surface area contributed by atoms with Crippen molar-refractivity contribution in [3.8, 4) is 0 Å². The van der Waals surface area contributed by atoms with Crippen molar-refractivity contribution in [1.82, 2.24) is 4.90 Å². The third-order valence-corrected chi connectivity index (χ3v) is 4.69. The van der Waals surface area contributed by atoms with Crippen molar-refractivity contribution in [3.63, 3.8) is 0 Å². The Morgan fingerprint density at radius 3 is 2.63 bits per heavy atom. The molecule has 0 heterocycles. The molecule has 0 radical (unpaired) electrons. The molecule has 2 aliphatic carbocycles. The quantitative estimate of drug-likeness (QED) is 0.847. The lowest BCUT2D eigenvalue weighted by atomic mass is 10.0. The van der Waals surface area contributed by atoms with Crippen LogP contribution >= 0.6 is 0 Å². The van der Waals surface area contributed by atoms with Gasteiger partial charge in [0.15, 0.2) is 0 Å². The Morgan fingerprint density at radius 1 is 1.32 bits per heavy atom. The van der Waals surface area contributed by atoms with Gasteiger partial charge in [-0.25, -0.2) is 0 Å². The van der Waals surface area contributed by atoms with Gasteiger partial charge in [-0.05, 0) is 42.4 Å². The molecule has 3 rings (SSSR count). The van der Waals surface area contributed by atoms with Gasteiger partial charge >= 0.3 is 0 Å². The van der Waals surface area contributed by atoms with Crippen molar-refractivity contribution in [2.75, 3.05) is 12.8 Å². The highest BCUT2D eigenvalue weighted by molar-refractivity contribution is 5.82. The Bertz CT molecular complexity index is 473. The van der Waals surface area contributed by atoms with Crippen LogP contribution < -0.4 is 5.73 Å². The van der Waals surface area contributed by atoms with E-state index < -0.39 is 0 Å². The maximum Gasteiger partial charge on any atom is 0.226 e. The number of amides is 1. The van der Waals surface area contributed by atoms with Crippen LogP contribution in [0.25, 0.3) is 0 Å². The van der Waals surface area contributed by atoms with E-state index in [0.29, 0.717) is 30.2 Å². The van der Waals surface area contributed by atoms with Gasteiger partial charge in [-0.1, -0.05) is 25.0 Å². The van der Waals surface area contributed by atoms with Gasteiger partial charge in [0.05, 0.1) is 0 Å². The zero-order valence-corrected chi connectivity index (χ0v) is 11.5. The third kappa shape index (κ3) is 2.46. The number of nitrogen functional groups attached to an aromatic ring is 1. The molecule has 2 unspecified atom stereocenters. The second-order valence-electron chi connectivity index (χ2n) is 6.08. The highest BCUT2D eigenvalue weighted by Gasteiger charge is 2.55. The summed E-state index contributed by atoms with van der Waals surface area (Å²) in [5.74, 6) is 2.02. The van der Waals surface area contributed by atoms with Crippen LogP contribution in [-0.4, -0.2) is 17.9 Å². The highest BCUT2D eigenvalue weighted by atomic mass is 16.2. The Balaban J connectivity index is 1.61. The summed E-state index contributed by atoms with van der Waals surface area (Å²) >= 11 is 0. The first kappa shape index (κ1) is 12.5. The lowest BCUT2D eigenvalue weighted by molar-refractivity contribution is -0.132. The van der Waals surface area contributed by atoms with Gasteiger partial charge in [0, 0.05) is 25.2 Å². The number of hydrogen-bond acceptors (Lipinski definition) is 2. The molecule has 2 saturated carbocycles. The summed E-state index contributed by atoms with van der Waals surface area (Å²) in [6.45, 7) is 0.666. The molecule has 2 fully saturated rings. The Kier molecular flexibility index (Phi) is 3.21. The molecule has 0 aromatic heterocycles. The Hall–Kier alpha value is -1.51. The lowest BCUT2D eigenvalue weighted by Crippen LogP contribution is -2.28. The minimum absolute atomic E-state index is 0.313. The smallest absolute Gasteiger partial charge is 0.226 e. The maximum absolute atomic E-state index is 12.5. The summed E-state index contributed by atoms with van der Waals surface area (Å²) in [5, 5.41) is 0. The fraction of sp³-hybridized carbons (Fsp3) is 0.562. The van der Waals surface area contributed by atoms with Crippen molar-refractivity contribution in [1.29, 1.82) is 0 Å². The molecule has 0 spiro atoms. The number of carbonyl (C=O) groups excluding carboxylic acids is 1. The SMILES string of the molecule is CN(Cc1cccc(N)c1)C(=O)C1C2CCCCC21. The molecule has 2 atom stereocenters. The monoisotopic (exact) mass is 258 g/mol. The molecule has 0 bridgehead atoms. The number of fused-ring (bicyclic) bond motifs is 1. The average Bonchev–Trinajstić information content (AvgIpc) is 3.12. The van der Waals surface area contributed by atoms with Gasteiger partial charge in [-0.3, -0.25) is 4.79 Å². The van der Waals surface area contributed by atoms with Crippen LogP contribution in [0, 0.1) is 17.8 Å². The first-order chi connectivity index (χ1) is 9.16. The molecule has 1 aromatic rings. The molecule has 3 nitrogen and oxygen atoms in total. The fourth-order valence-corrected chi connectivity index (χ4v) is 3.66. The Labute approximate surface area is 114 Å². The van der Waals surface area contributed by atoms with E-state index in [4.69, 9.17) is 5.73 Å². The summed E-state index contributed by atoms with van der Waals surface area (Å²) < 4.78 is 0. The van der Waals surface area contributed by atoms with Crippen LogP contribution in [0.15, 0.2) is 24.3 Å². The largest absolute Gasteiger partial charge is 0.399 e. The fourth-order valence-electron chi connectivity index (χ4n) is 3.66. The lowest BCUT2D eigenvalue weighted by Gasteiger charge is -2.17. The van der Waals surface area contributed by atoms with Gasteiger partial charge in [0.25, 0.3) is 0 Å². The van der Waals surface area contributed by atoms with Crippen molar-refractivity contribution in [2.24, 2.45) is 17.8 Å². The van der Waals surface area contributed by atoms with E-state index in [1.807, 2.05) is 36.2 Å². The maximum atomic E-state index is 12.5. The van der Waals surface area contributed by atoms with E-state index in [9.17, 15) is 4.79 Å². The molecule has 0 saturated heterocycles. The first-order valence-electron chi connectivity index (χ1n) is 7.26. The van der Waals surface area contributed by atoms with E-state index in [2.05, 4.69) is 0 Å². The first-order valence-corrected chi connectivity index (χ1v) is 7.26. The molecular weight excluding hydrogens is 236 g/mol. The summed E-state index contributed by atoms with van der Waals surface area (Å²) in [6, 6.07) is 7.80. The number of rotatable bonds is 3. The molecule has 3 heteroatoms. The van der Waals surface area contributed by atoms with Crippen molar-refractivity contribution >= 4 is 11.6 Å². The van der Waals surface area contributed by atoms with E-state index in [0.717, 1.165) is 11.3 Å². The van der Waals surface area contributed by atoms with Gasteiger partial charge < -0.3 is 10.6 Å². The number of nitrogens with two attached hydrogens (primary N) is 1. The topological polar surface area (TPSA) is 46.3 Å². The number of benzene rings is 1. The van der Waals surface area contributed by atoms with E-state index in [-0.39, 0.29) is 0 Å². The molecule has 19 heavy (non-hydrogen) atoms. The normalized spacial score (nSPS) is 28.6. The van der Waals surface area contributed by atoms with Crippen molar-refractivity contribution < 1.29 is 4.79 Å². The molecule has 1 aromatic carbocycles. The standard InChI is InChI=1S/C16H22N2O/c1-18(10-11-5-4-6-12(17)9-11)16(19)15-13-7-2-3-8-14(13)15/h4-6,9,13-15H,2-3,7-8,10,17H2,1H3. The van der Waals surface area contributed by atoms with Crippen LogP contribution in [0.3, 0.4) is 0 Å². The average molecular weight is 258 g/mol. The van der Waals surface area contributed by atoms with E-state index >= 15 is 0 Å². The predicted molar refractivity (Wildman–Crippen MR) is 76.3 cm³/mol. The molecule has 1 amide bonds. The van der Waals surface area contributed by atoms with Crippen LogP contribution in [0.1, 0.15) is 31.2 Å².